The van der Waals surface area contributed by atoms with Crippen LogP contribution in [0.4, 0.5) is 4.79 Å². The van der Waals surface area contributed by atoms with Gasteiger partial charge in [0.1, 0.15) is 11.2 Å². The Morgan fingerprint density at radius 2 is 1.32 bits per heavy atom. The van der Waals surface area contributed by atoms with E-state index < -0.39 is 17.4 Å². The topological polar surface area (TPSA) is 35.5 Å². The molecule has 156 valence electrons. The Morgan fingerprint density at radius 3 is 1.57 bits per heavy atom. The number of rotatable bonds is 8. The zero-order chi connectivity index (χ0) is 20.0. The molecule has 0 N–H and O–H groups in total. The molecule has 0 aromatic carbocycles. The molecule has 0 heterocycles. The monoisotopic (exact) mass is 386 g/mol. The molecule has 2 saturated carbocycles. The van der Waals surface area contributed by atoms with Crippen LogP contribution in [0, 0.1) is 22.7 Å². The number of allylic oxidation sites excluding steroid dienone is 4. The number of carbonyl (C=O) groups excluding carboxylic acids is 1. The van der Waals surface area contributed by atoms with Gasteiger partial charge in [-0.05, 0) is 101 Å². The second kappa shape index (κ2) is 6.92. The highest BCUT2D eigenvalue weighted by molar-refractivity contribution is 5.61. The highest BCUT2D eigenvalue weighted by Gasteiger charge is 2.48. The van der Waals surface area contributed by atoms with E-state index in [1.54, 1.807) is 0 Å². The van der Waals surface area contributed by atoms with E-state index in [0.717, 1.165) is 37.5 Å². The van der Waals surface area contributed by atoms with Crippen molar-refractivity contribution in [1.29, 1.82) is 0 Å². The Labute approximate surface area is 170 Å². The average molecular weight is 387 g/mol. The van der Waals surface area contributed by atoms with E-state index in [1.807, 2.05) is 0 Å². The molecule has 4 rings (SSSR count). The first-order valence-electron chi connectivity index (χ1n) is 11.5. The number of hydrogen-bond acceptors (Lipinski definition) is 3. The Morgan fingerprint density at radius 1 is 0.893 bits per heavy atom. The fourth-order valence-electron chi connectivity index (χ4n) is 6.53. The summed E-state index contributed by atoms with van der Waals surface area (Å²) in [5.41, 5.74) is -0.453. The van der Waals surface area contributed by atoms with Crippen LogP contribution in [0.3, 0.4) is 0 Å². The Hall–Kier alpha value is -1.25. The van der Waals surface area contributed by atoms with Crippen LogP contribution >= 0.6 is 0 Å². The summed E-state index contributed by atoms with van der Waals surface area (Å²) in [5.74, 6) is 1.48. The quantitative estimate of drug-likeness (QED) is 0.334. The number of ether oxygens (including phenoxy) is 2. The van der Waals surface area contributed by atoms with Gasteiger partial charge >= 0.3 is 6.16 Å². The van der Waals surface area contributed by atoms with Crippen LogP contribution in [-0.4, -0.2) is 17.4 Å². The standard InChI is InChI=1S/C25H38O3/c1-5-22(3,17-24-11-7-19(15-24)8-12-24)27-21(26)28-23(4,6-2)18-25-13-9-20(16-25)10-14-25/h7,9,11,13,19-20H,5-6,8,10,12,14-18H2,1-4H3. The van der Waals surface area contributed by atoms with Crippen molar-refractivity contribution < 1.29 is 14.3 Å². The highest BCUT2D eigenvalue weighted by atomic mass is 16.7. The predicted molar refractivity (Wildman–Crippen MR) is 112 cm³/mol. The Kier molecular flexibility index (Phi) is 4.95. The lowest BCUT2D eigenvalue weighted by molar-refractivity contribution is -0.0919. The zero-order valence-electron chi connectivity index (χ0n) is 18.3. The van der Waals surface area contributed by atoms with E-state index in [1.165, 1.54) is 38.5 Å². The van der Waals surface area contributed by atoms with E-state index in [9.17, 15) is 4.79 Å². The van der Waals surface area contributed by atoms with E-state index in [0.29, 0.717) is 0 Å². The largest absolute Gasteiger partial charge is 0.509 e. The minimum Gasteiger partial charge on any atom is -0.428 e. The lowest BCUT2D eigenvalue weighted by Crippen LogP contribution is -2.41. The first-order chi connectivity index (χ1) is 13.2. The van der Waals surface area contributed by atoms with Gasteiger partial charge in [-0.1, -0.05) is 38.2 Å². The molecule has 6 atom stereocenters. The average Bonchev–Trinajstić information content (AvgIpc) is 3.41. The molecule has 3 nitrogen and oxygen atoms in total. The molecular formula is C25H38O3. The van der Waals surface area contributed by atoms with Gasteiger partial charge in [0.2, 0.25) is 0 Å². The van der Waals surface area contributed by atoms with Crippen molar-refractivity contribution in [3.63, 3.8) is 0 Å². The predicted octanol–water partition coefficient (Wildman–Crippen LogP) is 6.97. The maximum Gasteiger partial charge on any atom is 0.509 e. The van der Waals surface area contributed by atoms with Crippen molar-refractivity contribution in [2.75, 3.05) is 0 Å². The van der Waals surface area contributed by atoms with Crippen LogP contribution in [0.5, 0.6) is 0 Å². The third-order valence-electron chi connectivity index (χ3n) is 8.41. The summed E-state index contributed by atoms with van der Waals surface area (Å²) in [6.45, 7) is 8.42. The summed E-state index contributed by atoms with van der Waals surface area (Å²) < 4.78 is 12.0. The molecule has 4 aliphatic rings. The molecule has 4 aliphatic carbocycles. The fourth-order valence-corrected chi connectivity index (χ4v) is 6.53. The number of fused-ring (bicyclic) bond motifs is 4. The molecule has 0 radical (unpaired) electrons. The molecule has 0 amide bonds. The van der Waals surface area contributed by atoms with Gasteiger partial charge in [-0.25, -0.2) is 4.79 Å². The number of carbonyl (C=O) groups is 1. The van der Waals surface area contributed by atoms with Crippen LogP contribution in [-0.2, 0) is 9.47 Å². The summed E-state index contributed by atoms with van der Waals surface area (Å²) in [7, 11) is 0. The molecule has 0 aromatic heterocycles. The summed E-state index contributed by atoms with van der Waals surface area (Å²) in [6, 6.07) is 0. The second-order valence-electron chi connectivity index (χ2n) is 10.9. The molecule has 3 heteroatoms. The van der Waals surface area contributed by atoms with Crippen LogP contribution in [0.25, 0.3) is 0 Å². The SMILES string of the molecule is CCC(C)(CC12C=CC(CC1)C2)OC(=O)OC(C)(CC)CC12C=CC(CC1)C2. The zero-order valence-corrected chi connectivity index (χ0v) is 18.3. The van der Waals surface area contributed by atoms with Crippen molar-refractivity contribution in [1.82, 2.24) is 0 Å². The molecule has 28 heavy (non-hydrogen) atoms. The van der Waals surface area contributed by atoms with E-state index in [2.05, 4.69) is 52.0 Å². The molecule has 0 spiro atoms. The van der Waals surface area contributed by atoms with Gasteiger partial charge in [0.05, 0.1) is 0 Å². The second-order valence-corrected chi connectivity index (χ2v) is 10.9. The maximum absolute atomic E-state index is 12.9. The minimum atomic E-state index is -0.477. The molecule has 0 saturated heterocycles. The van der Waals surface area contributed by atoms with Gasteiger partial charge in [-0.15, -0.1) is 0 Å². The van der Waals surface area contributed by atoms with Crippen LogP contribution < -0.4 is 0 Å². The van der Waals surface area contributed by atoms with E-state index >= 15 is 0 Å². The fraction of sp³-hybridized carbons (Fsp3) is 0.800. The van der Waals surface area contributed by atoms with Gasteiger partial charge in [0.25, 0.3) is 0 Å². The van der Waals surface area contributed by atoms with Gasteiger partial charge in [0, 0.05) is 0 Å². The van der Waals surface area contributed by atoms with Gasteiger partial charge in [-0.3, -0.25) is 0 Å². The van der Waals surface area contributed by atoms with Crippen molar-refractivity contribution >= 4 is 6.16 Å². The highest BCUT2D eigenvalue weighted by Crippen LogP contribution is 2.55. The van der Waals surface area contributed by atoms with Crippen LogP contribution in [0.15, 0.2) is 24.3 Å². The normalized spacial score (nSPS) is 39.1. The van der Waals surface area contributed by atoms with Gasteiger partial charge in [0.15, 0.2) is 0 Å². The van der Waals surface area contributed by atoms with Crippen LogP contribution in [0.1, 0.15) is 91.9 Å². The van der Waals surface area contributed by atoms with Crippen molar-refractivity contribution in [2.45, 2.75) is 103 Å². The van der Waals surface area contributed by atoms with Gasteiger partial charge in [-0.2, -0.15) is 0 Å². The van der Waals surface area contributed by atoms with Crippen LogP contribution in [0.2, 0.25) is 0 Å². The van der Waals surface area contributed by atoms with Gasteiger partial charge < -0.3 is 9.47 Å². The third-order valence-corrected chi connectivity index (χ3v) is 8.41. The third kappa shape index (κ3) is 3.78. The summed E-state index contributed by atoms with van der Waals surface area (Å²) in [4.78, 5) is 12.9. The summed E-state index contributed by atoms with van der Waals surface area (Å²) >= 11 is 0. The van der Waals surface area contributed by atoms with Crippen molar-refractivity contribution in [3.8, 4) is 0 Å². The molecule has 0 aromatic rings. The molecule has 2 fully saturated rings. The minimum absolute atomic E-state index is 0.232. The summed E-state index contributed by atoms with van der Waals surface area (Å²) in [6.07, 6.45) is 20.0. The Bertz CT molecular complexity index is 625. The van der Waals surface area contributed by atoms with E-state index in [4.69, 9.17) is 9.47 Å². The Balaban J connectivity index is 1.38. The first kappa shape index (κ1) is 20.0. The first-order valence-corrected chi connectivity index (χ1v) is 11.5. The number of hydrogen-bond donors (Lipinski definition) is 0. The maximum atomic E-state index is 12.9. The smallest absolute Gasteiger partial charge is 0.428 e. The lowest BCUT2D eigenvalue weighted by Gasteiger charge is -2.39. The molecule has 4 bridgehead atoms. The molecule has 6 unspecified atom stereocenters. The molecule has 0 aliphatic heterocycles. The van der Waals surface area contributed by atoms with Crippen molar-refractivity contribution in [2.24, 2.45) is 22.7 Å². The van der Waals surface area contributed by atoms with E-state index in [-0.39, 0.29) is 10.8 Å². The summed E-state index contributed by atoms with van der Waals surface area (Å²) in [5, 5.41) is 0. The lowest BCUT2D eigenvalue weighted by atomic mass is 9.76. The molecular weight excluding hydrogens is 348 g/mol. The van der Waals surface area contributed by atoms with Crippen molar-refractivity contribution in [3.05, 3.63) is 24.3 Å².